The molecule has 0 amide bonds. The van der Waals surface area contributed by atoms with Gasteiger partial charge in [0.1, 0.15) is 0 Å². The molecule has 0 spiro atoms. The second-order valence-electron chi connectivity index (χ2n) is 4.05. The number of hydrogen-bond acceptors (Lipinski definition) is 2. The summed E-state index contributed by atoms with van der Waals surface area (Å²) in [5, 5.41) is 9.97. The quantitative estimate of drug-likeness (QED) is 0.750. The van der Waals surface area contributed by atoms with Crippen LogP contribution in [0.1, 0.15) is 30.6 Å². The van der Waals surface area contributed by atoms with Gasteiger partial charge in [-0.1, -0.05) is 6.92 Å². The molecule has 1 aromatic rings. The number of aromatic nitrogens is 1. The third kappa shape index (κ3) is 1.59. The van der Waals surface area contributed by atoms with Crippen molar-refractivity contribution in [3.63, 3.8) is 0 Å². The Kier molecular flexibility index (Phi) is 2.08. The van der Waals surface area contributed by atoms with E-state index in [0.717, 1.165) is 17.5 Å². The predicted octanol–water partition coefficient (Wildman–Crippen LogP) is 2.08. The van der Waals surface area contributed by atoms with Crippen LogP contribution in [-0.2, 0) is 0 Å². The Hall–Kier alpha value is -0.890. The Bertz CT molecular complexity index is 311. The lowest BCUT2D eigenvalue weighted by Gasteiger charge is -2.11. The first kappa shape index (κ1) is 8.70. The number of rotatable bonds is 2. The van der Waals surface area contributed by atoms with Crippen molar-refractivity contribution in [1.82, 2.24) is 4.98 Å². The van der Waals surface area contributed by atoms with E-state index in [1.54, 1.807) is 12.4 Å². The van der Waals surface area contributed by atoms with Gasteiger partial charge in [0, 0.05) is 18.0 Å². The Balaban J connectivity index is 2.20. The first-order valence-electron chi connectivity index (χ1n) is 4.78. The zero-order valence-electron chi connectivity index (χ0n) is 8.07. The van der Waals surface area contributed by atoms with Gasteiger partial charge in [0.2, 0.25) is 0 Å². The lowest BCUT2D eigenvalue weighted by Crippen LogP contribution is -2.03. The molecule has 0 bridgehead atoms. The van der Waals surface area contributed by atoms with E-state index in [1.165, 1.54) is 0 Å². The van der Waals surface area contributed by atoms with Crippen LogP contribution in [0, 0.1) is 18.8 Å². The molecule has 3 atom stereocenters. The standard InChI is InChI=1S/C11H15NO/c1-7-3-4-12-6-10(7)11(13)9-5-8(9)2/h3-4,6,8-9,11,13H,5H2,1-2H3. The van der Waals surface area contributed by atoms with E-state index in [4.69, 9.17) is 0 Å². The third-order valence-electron chi connectivity index (χ3n) is 2.98. The summed E-state index contributed by atoms with van der Waals surface area (Å²) in [4.78, 5) is 4.04. The van der Waals surface area contributed by atoms with Crippen LogP contribution < -0.4 is 0 Å². The molecule has 1 N–H and O–H groups in total. The van der Waals surface area contributed by atoms with Gasteiger partial charge in [0.05, 0.1) is 6.10 Å². The molecule has 70 valence electrons. The Morgan fingerprint density at radius 1 is 1.62 bits per heavy atom. The smallest absolute Gasteiger partial charge is 0.0838 e. The van der Waals surface area contributed by atoms with Crippen LogP contribution in [0.2, 0.25) is 0 Å². The molecular formula is C11H15NO. The predicted molar refractivity (Wildman–Crippen MR) is 51.2 cm³/mol. The topological polar surface area (TPSA) is 33.1 Å². The Morgan fingerprint density at radius 2 is 2.31 bits per heavy atom. The van der Waals surface area contributed by atoms with Crippen molar-refractivity contribution in [3.8, 4) is 0 Å². The number of aliphatic hydroxyl groups is 1. The first-order chi connectivity index (χ1) is 6.20. The summed E-state index contributed by atoms with van der Waals surface area (Å²) in [6, 6.07) is 1.95. The van der Waals surface area contributed by atoms with Crippen molar-refractivity contribution < 1.29 is 5.11 Å². The molecular weight excluding hydrogens is 162 g/mol. The SMILES string of the molecule is Cc1ccncc1C(O)C1CC1C. The molecule has 2 nitrogen and oxygen atoms in total. The molecule has 1 saturated carbocycles. The average molecular weight is 177 g/mol. The maximum atomic E-state index is 9.97. The molecule has 0 saturated heterocycles. The fraction of sp³-hybridized carbons (Fsp3) is 0.545. The summed E-state index contributed by atoms with van der Waals surface area (Å²) in [5.41, 5.74) is 2.14. The second-order valence-corrected chi connectivity index (χ2v) is 4.05. The highest BCUT2D eigenvalue weighted by atomic mass is 16.3. The molecule has 0 aliphatic heterocycles. The second kappa shape index (κ2) is 3.11. The maximum absolute atomic E-state index is 9.97. The lowest BCUT2D eigenvalue weighted by atomic mass is 10.0. The number of aliphatic hydroxyl groups excluding tert-OH is 1. The van der Waals surface area contributed by atoms with Crippen LogP contribution in [0.15, 0.2) is 18.5 Å². The molecule has 1 aliphatic rings. The van der Waals surface area contributed by atoms with Gasteiger partial charge in [0.25, 0.3) is 0 Å². The lowest BCUT2D eigenvalue weighted by molar-refractivity contribution is 0.147. The van der Waals surface area contributed by atoms with E-state index in [9.17, 15) is 5.11 Å². The van der Waals surface area contributed by atoms with Crippen LogP contribution in [0.5, 0.6) is 0 Å². The van der Waals surface area contributed by atoms with Crippen LogP contribution in [0.4, 0.5) is 0 Å². The average Bonchev–Trinajstić information content (AvgIpc) is 2.82. The van der Waals surface area contributed by atoms with Gasteiger partial charge in [-0.15, -0.1) is 0 Å². The molecule has 0 aromatic carbocycles. The minimum Gasteiger partial charge on any atom is -0.388 e. The highest BCUT2D eigenvalue weighted by molar-refractivity contribution is 5.25. The Labute approximate surface area is 78.6 Å². The van der Waals surface area contributed by atoms with Gasteiger partial charge in [-0.3, -0.25) is 4.98 Å². The van der Waals surface area contributed by atoms with Crippen LogP contribution in [0.25, 0.3) is 0 Å². The van der Waals surface area contributed by atoms with E-state index in [1.807, 2.05) is 13.0 Å². The summed E-state index contributed by atoms with van der Waals surface area (Å²) in [6.07, 6.45) is 4.39. The normalized spacial score (nSPS) is 28.5. The van der Waals surface area contributed by atoms with Crippen molar-refractivity contribution in [1.29, 1.82) is 0 Å². The fourth-order valence-electron chi connectivity index (χ4n) is 1.81. The van der Waals surface area contributed by atoms with Crippen molar-refractivity contribution in [2.24, 2.45) is 11.8 Å². The maximum Gasteiger partial charge on any atom is 0.0838 e. The van der Waals surface area contributed by atoms with Gasteiger partial charge < -0.3 is 5.11 Å². The summed E-state index contributed by atoms with van der Waals surface area (Å²) >= 11 is 0. The highest BCUT2D eigenvalue weighted by Gasteiger charge is 2.39. The molecule has 1 aliphatic carbocycles. The molecule has 13 heavy (non-hydrogen) atoms. The summed E-state index contributed by atoms with van der Waals surface area (Å²) < 4.78 is 0. The van der Waals surface area contributed by atoms with Crippen LogP contribution in [-0.4, -0.2) is 10.1 Å². The third-order valence-corrected chi connectivity index (χ3v) is 2.98. The number of aryl methyl sites for hydroxylation is 1. The number of hydrogen-bond donors (Lipinski definition) is 1. The molecule has 1 aromatic heterocycles. The zero-order valence-corrected chi connectivity index (χ0v) is 8.07. The van der Waals surface area contributed by atoms with E-state index >= 15 is 0 Å². The fourth-order valence-corrected chi connectivity index (χ4v) is 1.81. The van der Waals surface area contributed by atoms with E-state index in [-0.39, 0.29) is 6.10 Å². The van der Waals surface area contributed by atoms with Gasteiger partial charge >= 0.3 is 0 Å². The van der Waals surface area contributed by atoms with Gasteiger partial charge in [-0.2, -0.15) is 0 Å². The highest BCUT2D eigenvalue weighted by Crippen LogP contribution is 2.47. The van der Waals surface area contributed by atoms with Crippen molar-refractivity contribution >= 4 is 0 Å². The van der Waals surface area contributed by atoms with Crippen molar-refractivity contribution in [2.75, 3.05) is 0 Å². The van der Waals surface area contributed by atoms with Crippen LogP contribution in [0.3, 0.4) is 0 Å². The minimum absolute atomic E-state index is 0.302. The van der Waals surface area contributed by atoms with Gasteiger partial charge in [-0.05, 0) is 36.8 Å². The van der Waals surface area contributed by atoms with Gasteiger partial charge in [0.15, 0.2) is 0 Å². The van der Waals surface area contributed by atoms with Crippen molar-refractivity contribution in [3.05, 3.63) is 29.6 Å². The monoisotopic (exact) mass is 177 g/mol. The zero-order chi connectivity index (χ0) is 9.42. The van der Waals surface area contributed by atoms with Gasteiger partial charge in [-0.25, -0.2) is 0 Å². The molecule has 1 fully saturated rings. The Morgan fingerprint density at radius 3 is 2.85 bits per heavy atom. The number of nitrogens with zero attached hydrogens (tertiary/aromatic N) is 1. The summed E-state index contributed by atoms with van der Waals surface area (Å²) in [5.74, 6) is 1.14. The van der Waals surface area contributed by atoms with E-state index in [0.29, 0.717) is 11.8 Å². The van der Waals surface area contributed by atoms with Crippen LogP contribution >= 0.6 is 0 Å². The molecule has 2 heteroatoms. The summed E-state index contributed by atoms with van der Waals surface area (Å²) in [7, 11) is 0. The van der Waals surface area contributed by atoms with Crippen molar-refractivity contribution in [2.45, 2.75) is 26.4 Å². The molecule has 1 heterocycles. The largest absolute Gasteiger partial charge is 0.388 e. The molecule has 3 unspecified atom stereocenters. The molecule has 0 radical (unpaired) electrons. The minimum atomic E-state index is -0.302. The van der Waals surface area contributed by atoms with E-state index < -0.39 is 0 Å². The molecule has 2 rings (SSSR count). The first-order valence-corrected chi connectivity index (χ1v) is 4.78. The number of pyridine rings is 1. The van der Waals surface area contributed by atoms with E-state index in [2.05, 4.69) is 11.9 Å². The summed E-state index contributed by atoms with van der Waals surface area (Å²) in [6.45, 7) is 4.20.